The highest BCUT2D eigenvalue weighted by molar-refractivity contribution is 7.89. The van der Waals surface area contributed by atoms with Crippen LogP contribution in [0.5, 0.6) is 0 Å². The van der Waals surface area contributed by atoms with E-state index in [0.717, 1.165) is 25.7 Å². The van der Waals surface area contributed by atoms with E-state index >= 15 is 0 Å². The molecule has 1 N–H and O–H groups in total. The van der Waals surface area contributed by atoms with Gasteiger partial charge >= 0.3 is 5.97 Å². The topological polar surface area (TPSA) is 127 Å². The van der Waals surface area contributed by atoms with E-state index in [0.29, 0.717) is 11.1 Å². The number of rotatable bonds is 8. The van der Waals surface area contributed by atoms with Gasteiger partial charge in [0.15, 0.2) is 5.82 Å². The van der Waals surface area contributed by atoms with Gasteiger partial charge in [-0.2, -0.15) is 4.31 Å². The first-order chi connectivity index (χ1) is 16.3. The molecule has 1 aliphatic carbocycles. The third-order valence-corrected chi connectivity index (χ3v) is 8.22. The van der Waals surface area contributed by atoms with Gasteiger partial charge in [-0.05, 0) is 36.6 Å². The molecule has 0 spiro atoms. The van der Waals surface area contributed by atoms with E-state index in [1.54, 1.807) is 31.6 Å². The standard InChI is InChI=1S/C23H27N5O5S/c1-27(17-7-3-4-8-17)34(31,32)18-9-10-21(25-14-18)28-23(30)20(15-26-28)19(12-22(29)33-2)16-6-5-11-24-13-16/h5-6,9-11,13-15,17,19,26H,3-4,7-8,12H2,1-2H3. The molecule has 0 aromatic carbocycles. The minimum Gasteiger partial charge on any atom is -0.469 e. The largest absolute Gasteiger partial charge is 0.469 e. The summed E-state index contributed by atoms with van der Waals surface area (Å²) in [5.41, 5.74) is 0.641. The van der Waals surface area contributed by atoms with Crippen LogP contribution < -0.4 is 5.56 Å². The maximum atomic E-state index is 13.2. The van der Waals surface area contributed by atoms with Crippen molar-refractivity contribution in [3.8, 4) is 5.82 Å². The Morgan fingerprint density at radius 3 is 2.65 bits per heavy atom. The molecule has 10 nitrogen and oxygen atoms in total. The van der Waals surface area contributed by atoms with Gasteiger partial charge < -0.3 is 4.74 Å². The lowest BCUT2D eigenvalue weighted by atomic mass is 9.91. The van der Waals surface area contributed by atoms with Crippen LogP contribution in [0.4, 0.5) is 0 Å². The number of hydrogen-bond acceptors (Lipinski definition) is 7. The first kappa shape index (κ1) is 23.8. The second-order valence-electron chi connectivity index (χ2n) is 8.30. The zero-order valence-corrected chi connectivity index (χ0v) is 19.9. The van der Waals surface area contributed by atoms with E-state index in [1.807, 2.05) is 0 Å². The minimum atomic E-state index is -3.68. The molecule has 180 valence electrons. The zero-order valence-electron chi connectivity index (χ0n) is 19.0. The Morgan fingerprint density at radius 1 is 1.26 bits per heavy atom. The van der Waals surface area contributed by atoms with Gasteiger partial charge in [-0.15, -0.1) is 0 Å². The number of esters is 1. The summed E-state index contributed by atoms with van der Waals surface area (Å²) < 4.78 is 33.4. The number of carbonyl (C=O) groups excluding carboxylic acids is 1. The molecule has 1 fully saturated rings. The maximum absolute atomic E-state index is 13.2. The molecule has 3 aromatic rings. The predicted octanol–water partition coefficient (Wildman–Crippen LogP) is 2.21. The third kappa shape index (κ3) is 4.66. The molecule has 11 heteroatoms. The SMILES string of the molecule is COC(=O)CC(c1cccnc1)c1c[nH]n(-c2ccc(S(=O)(=O)N(C)C3CCCC3)cn2)c1=O. The highest BCUT2D eigenvalue weighted by Gasteiger charge is 2.30. The summed E-state index contributed by atoms with van der Waals surface area (Å²) in [6, 6.07) is 6.45. The Hall–Kier alpha value is -3.31. The summed E-state index contributed by atoms with van der Waals surface area (Å²) in [4.78, 5) is 33.6. The average Bonchev–Trinajstić information content (AvgIpc) is 3.53. The van der Waals surface area contributed by atoms with Crippen LogP contribution in [0.2, 0.25) is 0 Å². The number of hydrogen-bond donors (Lipinski definition) is 1. The third-order valence-electron chi connectivity index (χ3n) is 6.33. The molecule has 4 rings (SSSR count). The van der Waals surface area contributed by atoms with E-state index in [-0.39, 0.29) is 23.2 Å². The Bertz CT molecular complexity index is 1300. The van der Waals surface area contributed by atoms with Crippen molar-refractivity contribution in [3.63, 3.8) is 0 Å². The average molecular weight is 486 g/mol. The van der Waals surface area contributed by atoms with E-state index in [2.05, 4.69) is 15.1 Å². The molecule has 0 aliphatic heterocycles. The molecule has 0 bridgehead atoms. The van der Waals surface area contributed by atoms with Crippen molar-refractivity contribution in [2.24, 2.45) is 0 Å². The van der Waals surface area contributed by atoms with Crippen molar-refractivity contribution in [2.45, 2.75) is 49.0 Å². The Balaban J connectivity index is 1.63. The number of carbonyl (C=O) groups is 1. The van der Waals surface area contributed by atoms with Crippen LogP contribution in [0.1, 0.15) is 49.1 Å². The number of H-pyrrole nitrogens is 1. The van der Waals surface area contributed by atoms with Crippen molar-refractivity contribution >= 4 is 16.0 Å². The molecular weight excluding hydrogens is 458 g/mol. The number of pyridine rings is 2. The molecule has 1 unspecified atom stereocenters. The van der Waals surface area contributed by atoms with Crippen molar-refractivity contribution in [2.75, 3.05) is 14.2 Å². The lowest BCUT2D eigenvalue weighted by Gasteiger charge is -2.23. The molecule has 0 radical (unpaired) electrons. The second-order valence-corrected chi connectivity index (χ2v) is 10.3. The van der Waals surface area contributed by atoms with Gasteiger partial charge in [-0.25, -0.2) is 18.1 Å². The number of aromatic amines is 1. The van der Waals surface area contributed by atoms with Crippen LogP contribution in [0.25, 0.3) is 5.82 Å². The number of aromatic nitrogens is 4. The lowest BCUT2D eigenvalue weighted by Crippen LogP contribution is -2.35. The quantitative estimate of drug-likeness (QED) is 0.485. The van der Waals surface area contributed by atoms with E-state index in [9.17, 15) is 18.0 Å². The summed E-state index contributed by atoms with van der Waals surface area (Å²) in [7, 11) is -0.786. The Kier molecular flexibility index (Phi) is 6.94. The van der Waals surface area contributed by atoms with Crippen LogP contribution in [-0.2, 0) is 19.6 Å². The highest BCUT2D eigenvalue weighted by Crippen LogP contribution is 2.28. The monoisotopic (exact) mass is 485 g/mol. The van der Waals surface area contributed by atoms with Crippen LogP contribution >= 0.6 is 0 Å². The fraction of sp³-hybridized carbons (Fsp3) is 0.391. The fourth-order valence-corrected chi connectivity index (χ4v) is 5.69. The molecular formula is C23H27N5O5S. The number of nitrogens with zero attached hydrogens (tertiary/aromatic N) is 4. The number of sulfonamides is 1. The highest BCUT2D eigenvalue weighted by atomic mass is 32.2. The van der Waals surface area contributed by atoms with Crippen molar-refractivity contribution in [1.82, 2.24) is 24.1 Å². The van der Waals surface area contributed by atoms with Gasteiger partial charge in [0.25, 0.3) is 5.56 Å². The fourth-order valence-electron chi connectivity index (χ4n) is 4.33. The Labute approximate surface area is 197 Å². The first-order valence-electron chi connectivity index (χ1n) is 11.0. The normalized spacial score (nSPS) is 15.5. The smallest absolute Gasteiger partial charge is 0.306 e. The van der Waals surface area contributed by atoms with Gasteiger partial charge in [0, 0.05) is 49.4 Å². The van der Waals surface area contributed by atoms with E-state index in [4.69, 9.17) is 4.74 Å². The van der Waals surface area contributed by atoms with Crippen molar-refractivity contribution in [1.29, 1.82) is 0 Å². The van der Waals surface area contributed by atoms with E-state index in [1.165, 1.54) is 40.6 Å². The molecule has 1 aliphatic rings. The summed E-state index contributed by atoms with van der Waals surface area (Å²) in [6.07, 6.45) is 9.70. The number of ether oxygens (including phenoxy) is 1. The molecule has 0 amide bonds. The summed E-state index contributed by atoms with van der Waals surface area (Å²) in [5, 5.41) is 2.87. The zero-order chi connectivity index (χ0) is 24.3. The van der Waals surface area contributed by atoms with Crippen LogP contribution in [-0.4, -0.2) is 58.6 Å². The van der Waals surface area contributed by atoms with Gasteiger partial charge in [0.05, 0.1) is 13.5 Å². The Morgan fingerprint density at radius 2 is 2.03 bits per heavy atom. The van der Waals surface area contributed by atoms with Crippen LogP contribution in [0.15, 0.2) is 58.7 Å². The lowest BCUT2D eigenvalue weighted by molar-refractivity contribution is -0.140. The second kappa shape index (κ2) is 9.90. The molecule has 0 saturated heterocycles. The minimum absolute atomic E-state index is 0.00233. The molecule has 1 atom stereocenters. The molecule has 3 aromatic heterocycles. The number of methoxy groups -OCH3 is 1. The van der Waals surface area contributed by atoms with E-state index < -0.39 is 27.5 Å². The predicted molar refractivity (Wildman–Crippen MR) is 124 cm³/mol. The maximum Gasteiger partial charge on any atom is 0.306 e. The van der Waals surface area contributed by atoms with Gasteiger partial charge in [-0.3, -0.25) is 19.7 Å². The van der Waals surface area contributed by atoms with Gasteiger partial charge in [0.2, 0.25) is 10.0 Å². The summed E-state index contributed by atoms with van der Waals surface area (Å²) >= 11 is 0. The van der Waals surface area contributed by atoms with Crippen molar-refractivity contribution in [3.05, 3.63) is 70.5 Å². The van der Waals surface area contributed by atoms with Gasteiger partial charge in [0.1, 0.15) is 4.90 Å². The first-order valence-corrected chi connectivity index (χ1v) is 12.5. The molecule has 34 heavy (non-hydrogen) atoms. The summed E-state index contributed by atoms with van der Waals surface area (Å²) in [5.74, 6) is -0.785. The molecule has 1 saturated carbocycles. The van der Waals surface area contributed by atoms with Crippen LogP contribution in [0.3, 0.4) is 0 Å². The summed E-state index contributed by atoms with van der Waals surface area (Å²) in [6.45, 7) is 0. The number of nitrogens with one attached hydrogen (secondary N) is 1. The molecule has 3 heterocycles. The van der Waals surface area contributed by atoms with Crippen molar-refractivity contribution < 1.29 is 17.9 Å². The van der Waals surface area contributed by atoms with Gasteiger partial charge in [-0.1, -0.05) is 18.9 Å². The van der Waals surface area contributed by atoms with Crippen LogP contribution in [0, 0.1) is 0 Å².